The highest BCUT2D eigenvalue weighted by atomic mass is 127. The maximum absolute atomic E-state index is 9.99. The van der Waals surface area contributed by atoms with E-state index in [1.807, 2.05) is 41.1 Å². The molecule has 0 spiro atoms. The van der Waals surface area contributed by atoms with Crippen LogP contribution in [0.3, 0.4) is 0 Å². The molecule has 0 saturated heterocycles. The third-order valence-corrected chi connectivity index (χ3v) is 3.57. The molecule has 1 aromatic carbocycles. The van der Waals surface area contributed by atoms with Gasteiger partial charge in [0.25, 0.3) is 0 Å². The number of ether oxygens (including phenoxy) is 1. The van der Waals surface area contributed by atoms with Crippen molar-refractivity contribution in [2.75, 3.05) is 7.11 Å². The molecule has 3 aromatic rings. The molecule has 0 aliphatic carbocycles. The van der Waals surface area contributed by atoms with Gasteiger partial charge in [0.15, 0.2) is 0 Å². The van der Waals surface area contributed by atoms with Crippen molar-refractivity contribution in [1.82, 2.24) is 9.38 Å². The molecule has 0 fully saturated rings. The van der Waals surface area contributed by atoms with E-state index >= 15 is 0 Å². The van der Waals surface area contributed by atoms with Crippen molar-refractivity contribution >= 4 is 28.2 Å². The first kappa shape index (κ1) is 12.3. The van der Waals surface area contributed by atoms with Crippen LogP contribution in [0.25, 0.3) is 16.9 Å². The van der Waals surface area contributed by atoms with Gasteiger partial charge in [-0.05, 0) is 52.9 Å². The van der Waals surface area contributed by atoms with E-state index < -0.39 is 0 Å². The number of phenolic OH excluding ortho intramolecular Hbond substituents is 1. The summed E-state index contributed by atoms with van der Waals surface area (Å²) >= 11 is 2.16. The number of nitrogens with zero attached hydrogens (tertiary/aromatic N) is 2. The van der Waals surface area contributed by atoms with Gasteiger partial charge in [-0.1, -0.05) is 0 Å². The molecule has 19 heavy (non-hydrogen) atoms. The minimum absolute atomic E-state index is 0.238. The minimum atomic E-state index is 0.238. The Morgan fingerprint density at radius 2 is 2.05 bits per heavy atom. The highest BCUT2D eigenvalue weighted by molar-refractivity contribution is 14.1. The van der Waals surface area contributed by atoms with Crippen molar-refractivity contribution in [1.29, 1.82) is 0 Å². The summed E-state index contributed by atoms with van der Waals surface area (Å²) in [5, 5.41) is 9.99. The molecule has 2 heterocycles. The molecule has 0 aliphatic heterocycles. The van der Waals surface area contributed by atoms with Gasteiger partial charge in [-0.3, -0.25) is 0 Å². The number of methoxy groups -OCH3 is 1. The van der Waals surface area contributed by atoms with Crippen LogP contribution in [0.5, 0.6) is 11.5 Å². The number of fused-ring (bicyclic) bond motifs is 1. The summed E-state index contributed by atoms with van der Waals surface area (Å²) in [6, 6.07) is 9.28. The van der Waals surface area contributed by atoms with Gasteiger partial charge >= 0.3 is 0 Å². The molecule has 0 amide bonds. The Morgan fingerprint density at radius 3 is 2.79 bits per heavy atom. The smallest absolute Gasteiger partial charge is 0.137 e. The first-order valence-electron chi connectivity index (χ1n) is 5.69. The van der Waals surface area contributed by atoms with Crippen LogP contribution in [0.4, 0.5) is 0 Å². The Hall–Kier alpha value is -1.76. The lowest BCUT2D eigenvalue weighted by atomic mass is 10.1. The van der Waals surface area contributed by atoms with Gasteiger partial charge in [0.1, 0.15) is 17.1 Å². The summed E-state index contributed by atoms with van der Waals surface area (Å²) in [5.74, 6) is 1.01. The van der Waals surface area contributed by atoms with Crippen LogP contribution < -0.4 is 4.74 Å². The zero-order valence-corrected chi connectivity index (χ0v) is 12.3. The third-order valence-electron chi connectivity index (χ3n) is 2.90. The minimum Gasteiger partial charge on any atom is -0.507 e. The monoisotopic (exact) mass is 366 g/mol. The van der Waals surface area contributed by atoms with Gasteiger partial charge in [-0.15, -0.1) is 0 Å². The number of rotatable bonds is 2. The van der Waals surface area contributed by atoms with Gasteiger partial charge in [0.05, 0.1) is 19.0 Å². The van der Waals surface area contributed by atoms with E-state index in [0.29, 0.717) is 0 Å². The quantitative estimate of drug-likeness (QED) is 0.708. The number of imidazole rings is 1. The Bertz CT molecular complexity index is 752. The zero-order chi connectivity index (χ0) is 13.4. The number of aromatic hydroxyl groups is 1. The van der Waals surface area contributed by atoms with Gasteiger partial charge < -0.3 is 14.2 Å². The Labute approximate surface area is 123 Å². The molecule has 4 nitrogen and oxygen atoms in total. The summed E-state index contributed by atoms with van der Waals surface area (Å²) in [6.07, 6.45) is 3.73. The van der Waals surface area contributed by atoms with Crippen molar-refractivity contribution in [3.8, 4) is 22.8 Å². The van der Waals surface area contributed by atoms with Crippen LogP contribution in [-0.4, -0.2) is 21.6 Å². The highest BCUT2D eigenvalue weighted by Crippen LogP contribution is 2.30. The first-order valence-corrected chi connectivity index (χ1v) is 6.77. The van der Waals surface area contributed by atoms with Crippen LogP contribution in [0, 0.1) is 3.57 Å². The van der Waals surface area contributed by atoms with Crippen LogP contribution in [0.2, 0.25) is 0 Å². The van der Waals surface area contributed by atoms with Crippen LogP contribution >= 0.6 is 22.6 Å². The maximum atomic E-state index is 9.99. The molecule has 0 saturated carbocycles. The van der Waals surface area contributed by atoms with Crippen molar-refractivity contribution in [3.63, 3.8) is 0 Å². The van der Waals surface area contributed by atoms with Crippen molar-refractivity contribution < 1.29 is 9.84 Å². The average Bonchev–Trinajstić information content (AvgIpc) is 2.80. The predicted molar refractivity (Wildman–Crippen MR) is 81.6 cm³/mol. The van der Waals surface area contributed by atoms with E-state index in [4.69, 9.17) is 4.74 Å². The molecule has 2 aromatic heterocycles. The lowest BCUT2D eigenvalue weighted by Crippen LogP contribution is -1.86. The van der Waals surface area contributed by atoms with Gasteiger partial charge in [0, 0.05) is 15.3 Å². The van der Waals surface area contributed by atoms with E-state index in [1.54, 1.807) is 13.2 Å². The molecule has 0 atom stereocenters. The Morgan fingerprint density at radius 1 is 1.21 bits per heavy atom. The number of aromatic nitrogens is 2. The van der Waals surface area contributed by atoms with Gasteiger partial charge in [-0.2, -0.15) is 0 Å². The zero-order valence-electron chi connectivity index (χ0n) is 10.2. The van der Waals surface area contributed by atoms with E-state index in [0.717, 1.165) is 26.2 Å². The number of pyridine rings is 1. The van der Waals surface area contributed by atoms with Crippen LogP contribution in [-0.2, 0) is 0 Å². The Kier molecular flexibility index (Phi) is 3.06. The maximum Gasteiger partial charge on any atom is 0.137 e. The number of benzene rings is 1. The number of phenols is 1. The second-order valence-corrected chi connectivity index (χ2v) is 5.37. The van der Waals surface area contributed by atoms with E-state index in [9.17, 15) is 5.11 Å². The van der Waals surface area contributed by atoms with Gasteiger partial charge in [0.2, 0.25) is 0 Å². The summed E-state index contributed by atoms with van der Waals surface area (Å²) in [7, 11) is 1.63. The fourth-order valence-electron chi connectivity index (χ4n) is 1.94. The summed E-state index contributed by atoms with van der Waals surface area (Å²) in [6.45, 7) is 0. The summed E-state index contributed by atoms with van der Waals surface area (Å²) < 4.78 is 8.05. The van der Waals surface area contributed by atoms with E-state index in [1.165, 1.54) is 0 Å². The number of halogens is 1. The van der Waals surface area contributed by atoms with Crippen molar-refractivity contribution in [3.05, 3.63) is 46.3 Å². The molecular weight excluding hydrogens is 355 g/mol. The molecule has 96 valence electrons. The Balaban J connectivity index is 2.14. The van der Waals surface area contributed by atoms with E-state index in [2.05, 4.69) is 27.6 Å². The lowest BCUT2D eigenvalue weighted by Gasteiger charge is -2.00. The van der Waals surface area contributed by atoms with Crippen molar-refractivity contribution in [2.24, 2.45) is 0 Å². The molecule has 3 rings (SSSR count). The average molecular weight is 366 g/mol. The molecule has 5 heteroatoms. The second kappa shape index (κ2) is 4.73. The summed E-state index contributed by atoms with van der Waals surface area (Å²) in [5.41, 5.74) is 2.28. The number of hydrogen-bond donors (Lipinski definition) is 1. The molecule has 0 aliphatic rings. The SMILES string of the molecule is COc1ccc2nc(-c3ccc(I)cc3O)cn2c1. The standard InChI is InChI=1S/C14H11IN2O2/c1-19-10-3-5-14-16-12(8-17(14)7-10)11-4-2-9(15)6-13(11)18/h2-8,18H,1H3. The first-order chi connectivity index (χ1) is 9.17. The van der Waals surface area contributed by atoms with Gasteiger partial charge in [-0.25, -0.2) is 4.98 Å². The fraction of sp³-hybridized carbons (Fsp3) is 0.0714. The molecule has 0 unspecified atom stereocenters. The normalized spacial score (nSPS) is 10.8. The predicted octanol–water partition coefficient (Wildman–Crippen LogP) is 3.32. The highest BCUT2D eigenvalue weighted by Gasteiger charge is 2.09. The number of hydrogen-bond acceptors (Lipinski definition) is 3. The molecule has 0 radical (unpaired) electrons. The molecule has 1 N–H and O–H groups in total. The lowest BCUT2D eigenvalue weighted by molar-refractivity contribution is 0.412. The topological polar surface area (TPSA) is 46.8 Å². The second-order valence-electron chi connectivity index (χ2n) is 4.12. The van der Waals surface area contributed by atoms with Crippen LogP contribution in [0.15, 0.2) is 42.7 Å². The van der Waals surface area contributed by atoms with E-state index in [-0.39, 0.29) is 5.75 Å². The largest absolute Gasteiger partial charge is 0.507 e. The summed E-state index contributed by atoms with van der Waals surface area (Å²) in [4.78, 5) is 4.49. The van der Waals surface area contributed by atoms with Crippen molar-refractivity contribution in [2.45, 2.75) is 0 Å². The molecular formula is C14H11IN2O2. The molecule has 0 bridgehead atoms. The van der Waals surface area contributed by atoms with Crippen LogP contribution in [0.1, 0.15) is 0 Å². The fourth-order valence-corrected chi connectivity index (χ4v) is 2.42. The third kappa shape index (κ3) is 2.25.